The number of sulfone groups is 1. The fourth-order valence-electron chi connectivity index (χ4n) is 4.71. The topological polar surface area (TPSA) is 81.8 Å². The van der Waals surface area contributed by atoms with Gasteiger partial charge in [0.2, 0.25) is 0 Å². The zero-order valence-electron chi connectivity index (χ0n) is 16.0. The lowest BCUT2D eigenvalue weighted by atomic mass is 9.86. The first-order valence-electron chi connectivity index (χ1n) is 9.56. The average Bonchev–Trinajstić information content (AvgIpc) is 3.26. The summed E-state index contributed by atoms with van der Waals surface area (Å²) in [6.45, 7) is 1.11. The lowest BCUT2D eigenvalue weighted by molar-refractivity contribution is 0.187. The Labute approximate surface area is 167 Å². The van der Waals surface area contributed by atoms with E-state index >= 15 is 0 Å². The molecule has 0 spiro atoms. The Morgan fingerprint density at radius 2 is 2.17 bits per heavy atom. The van der Waals surface area contributed by atoms with Crippen molar-refractivity contribution in [2.75, 3.05) is 19.9 Å². The number of ether oxygens (including phenoxy) is 1. The maximum atomic E-state index is 14.8. The van der Waals surface area contributed by atoms with Gasteiger partial charge in [-0.05, 0) is 50.0 Å². The van der Waals surface area contributed by atoms with E-state index in [4.69, 9.17) is 10.5 Å². The van der Waals surface area contributed by atoms with Gasteiger partial charge in [0.25, 0.3) is 0 Å². The van der Waals surface area contributed by atoms with Gasteiger partial charge in [0.15, 0.2) is 14.6 Å². The van der Waals surface area contributed by atoms with Crippen LogP contribution in [0.25, 0.3) is 6.08 Å². The highest BCUT2D eigenvalue weighted by molar-refractivity contribution is 7.94. The van der Waals surface area contributed by atoms with E-state index in [1.165, 1.54) is 25.1 Å². The van der Waals surface area contributed by atoms with E-state index in [1.807, 2.05) is 0 Å². The SMILES string of the molecule is C[C@]1(c2cc(/C=C(\F)C3CCOC3)ccc2F)N=C(N)[C@@]2(CF)CC[C@@H]1S2(=O)=O. The van der Waals surface area contributed by atoms with Gasteiger partial charge in [-0.15, -0.1) is 0 Å². The zero-order valence-corrected chi connectivity index (χ0v) is 16.8. The summed E-state index contributed by atoms with van der Waals surface area (Å²) in [5.41, 5.74) is 4.80. The number of hydrogen-bond acceptors (Lipinski definition) is 5. The summed E-state index contributed by atoms with van der Waals surface area (Å²) in [5, 5.41) is -1.10. The zero-order chi connectivity index (χ0) is 21.0. The number of amidine groups is 1. The lowest BCUT2D eigenvalue weighted by Crippen LogP contribution is -2.58. The summed E-state index contributed by atoms with van der Waals surface area (Å²) in [6, 6.07) is 3.98. The van der Waals surface area contributed by atoms with E-state index in [0.29, 0.717) is 25.2 Å². The standard InChI is InChI=1S/C20H23F3N2O3S/c1-19(17-4-6-20(11-21,18(24)25-19)29(17,26)27)14-8-12(2-3-15(14)22)9-16(23)13-5-7-28-10-13/h2-3,8-9,13,17H,4-7,10-11H2,1H3,(H2,24,25)/b16-9-/t13?,17-,19+,20-/m0/s1. The van der Waals surface area contributed by atoms with Crippen LogP contribution in [-0.2, 0) is 20.1 Å². The van der Waals surface area contributed by atoms with Crippen LogP contribution >= 0.6 is 0 Å². The normalized spacial score (nSPS) is 36.3. The minimum absolute atomic E-state index is 0.00704. The van der Waals surface area contributed by atoms with Crippen molar-refractivity contribution < 1.29 is 26.3 Å². The number of alkyl halides is 1. The van der Waals surface area contributed by atoms with Crippen LogP contribution in [0.2, 0.25) is 0 Å². The van der Waals surface area contributed by atoms with Crippen molar-refractivity contribution in [1.82, 2.24) is 0 Å². The molecule has 0 radical (unpaired) electrons. The molecule has 3 aliphatic heterocycles. The summed E-state index contributed by atoms with van der Waals surface area (Å²) >= 11 is 0. The maximum absolute atomic E-state index is 14.8. The van der Waals surface area contributed by atoms with Crippen molar-refractivity contribution in [3.05, 3.63) is 41.0 Å². The van der Waals surface area contributed by atoms with Gasteiger partial charge < -0.3 is 10.5 Å². The van der Waals surface area contributed by atoms with Crippen LogP contribution < -0.4 is 5.73 Å². The Balaban J connectivity index is 1.81. The van der Waals surface area contributed by atoms with Crippen molar-refractivity contribution in [1.29, 1.82) is 0 Å². The minimum atomic E-state index is -4.01. The fourth-order valence-corrected chi connectivity index (χ4v) is 7.36. The number of hydrogen-bond donors (Lipinski definition) is 1. The largest absolute Gasteiger partial charge is 0.386 e. The van der Waals surface area contributed by atoms with Gasteiger partial charge in [0.05, 0.1) is 11.9 Å². The van der Waals surface area contributed by atoms with E-state index in [-0.39, 0.29) is 36.0 Å². The number of rotatable bonds is 4. The van der Waals surface area contributed by atoms with E-state index in [2.05, 4.69) is 4.99 Å². The minimum Gasteiger partial charge on any atom is -0.386 e. The third kappa shape index (κ3) is 2.84. The molecule has 1 aromatic rings. The Kier molecular flexibility index (Phi) is 4.81. The van der Waals surface area contributed by atoms with Gasteiger partial charge in [-0.25, -0.2) is 21.6 Å². The van der Waals surface area contributed by atoms with Gasteiger partial charge in [0.1, 0.15) is 29.7 Å². The molecule has 158 valence electrons. The van der Waals surface area contributed by atoms with Crippen molar-refractivity contribution in [2.24, 2.45) is 16.6 Å². The number of nitrogens with two attached hydrogens (primary N) is 1. The highest BCUT2D eigenvalue weighted by Crippen LogP contribution is 2.51. The number of fused-ring (bicyclic) bond motifs is 2. The molecule has 9 heteroatoms. The second kappa shape index (κ2) is 6.84. The van der Waals surface area contributed by atoms with Crippen molar-refractivity contribution >= 4 is 21.7 Å². The van der Waals surface area contributed by atoms with Crippen LogP contribution in [0.1, 0.15) is 37.3 Å². The van der Waals surface area contributed by atoms with Crippen LogP contribution in [0.4, 0.5) is 13.2 Å². The van der Waals surface area contributed by atoms with E-state index in [9.17, 15) is 21.6 Å². The van der Waals surface area contributed by atoms with Crippen molar-refractivity contribution in [3.8, 4) is 0 Å². The van der Waals surface area contributed by atoms with Gasteiger partial charge in [-0.2, -0.15) is 0 Å². The Hall–Kier alpha value is -1.87. The molecule has 1 aromatic carbocycles. The number of nitrogens with zero attached hydrogens (tertiary/aromatic N) is 1. The molecule has 0 amide bonds. The van der Waals surface area contributed by atoms with Crippen molar-refractivity contribution in [3.63, 3.8) is 0 Å². The quantitative estimate of drug-likeness (QED) is 0.799. The molecule has 29 heavy (non-hydrogen) atoms. The molecule has 2 fully saturated rings. The molecular weight excluding hydrogens is 405 g/mol. The first-order chi connectivity index (χ1) is 13.7. The summed E-state index contributed by atoms with van der Waals surface area (Å²) < 4.78 is 72.5. The molecule has 3 aliphatic rings. The Morgan fingerprint density at radius 3 is 2.83 bits per heavy atom. The highest BCUT2D eigenvalue weighted by Gasteiger charge is 2.65. The van der Waals surface area contributed by atoms with Crippen LogP contribution in [0.5, 0.6) is 0 Å². The van der Waals surface area contributed by atoms with E-state index < -0.39 is 37.9 Å². The molecule has 5 nitrogen and oxygen atoms in total. The van der Waals surface area contributed by atoms with Crippen LogP contribution in [0.15, 0.2) is 29.0 Å². The number of halogens is 3. The van der Waals surface area contributed by atoms with E-state index in [0.717, 1.165) is 6.07 Å². The third-order valence-corrected chi connectivity index (χ3v) is 9.61. The van der Waals surface area contributed by atoms with Gasteiger partial charge in [-0.1, -0.05) is 6.07 Å². The molecule has 2 bridgehead atoms. The lowest BCUT2D eigenvalue weighted by Gasteiger charge is -2.39. The fraction of sp³-hybridized carbons (Fsp3) is 0.550. The molecule has 2 N–H and O–H groups in total. The first kappa shape index (κ1) is 20.4. The predicted molar refractivity (Wildman–Crippen MR) is 104 cm³/mol. The first-order valence-corrected chi connectivity index (χ1v) is 11.1. The smallest absolute Gasteiger partial charge is 0.171 e. The third-order valence-electron chi connectivity index (χ3n) is 6.55. The molecule has 0 aliphatic carbocycles. The average molecular weight is 428 g/mol. The molecule has 1 unspecified atom stereocenters. The molecule has 3 heterocycles. The monoisotopic (exact) mass is 428 g/mol. The molecule has 0 aromatic heterocycles. The maximum Gasteiger partial charge on any atom is 0.171 e. The number of aliphatic imine (C=N–C) groups is 1. The number of benzene rings is 1. The second-order valence-electron chi connectivity index (χ2n) is 8.17. The summed E-state index contributed by atoms with van der Waals surface area (Å²) in [4.78, 5) is 4.31. The molecule has 4 rings (SSSR count). The molecular formula is C20H23F3N2O3S. The van der Waals surface area contributed by atoms with Gasteiger partial charge in [-0.3, -0.25) is 4.99 Å². The summed E-state index contributed by atoms with van der Waals surface area (Å²) in [7, 11) is -4.01. The molecule has 0 saturated carbocycles. The van der Waals surface area contributed by atoms with Crippen LogP contribution in [-0.4, -0.2) is 44.1 Å². The van der Waals surface area contributed by atoms with Crippen LogP contribution in [0.3, 0.4) is 0 Å². The molecule has 4 atom stereocenters. The predicted octanol–water partition coefficient (Wildman–Crippen LogP) is 3.04. The van der Waals surface area contributed by atoms with E-state index in [1.54, 1.807) is 0 Å². The van der Waals surface area contributed by atoms with Crippen LogP contribution in [0, 0.1) is 11.7 Å². The van der Waals surface area contributed by atoms with Crippen molar-refractivity contribution in [2.45, 2.75) is 41.7 Å². The highest BCUT2D eigenvalue weighted by atomic mass is 32.2. The summed E-state index contributed by atoms with van der Waals surface area (Å²) in [5.74, 6) is -1.71. The Bertz CT molecular complexity index is 1000. The van der Waals surface area contributed by atoms with Gasteiger partial charge >= 0.3 is 0 Å². The van der Waals surface area contributed by atoms with Gasteiger partial charge in [0, 0.05) is 18.1 Å². The summed E-state index contributed by atoms with van der Waals surface area (Å²) in [6.07, 6.45) is 2.01. The second-order valence-corrected chi connectivity index (χ2v) is 10.6. The molecule has 2 saturated heterocycles. The Morgan fingerprint density at radius 1 is 1.41 bits per heavy atom.